The fourth-order valence-corrected chi connectivity index (χ4v) is 2.70. The van der Waals surface area contributed by atoms with Crippen molar-refractivity contribution in [2.24, 2.45) is 0 Å². The molecule has 0 aromatic heterocycles. The largest absolute Gasteiger partial charge is 0.320 e. The van der Waals surface area contributed by atoms with Gasteiger partial charge in [-0.2, -0.15) is 0 Å². The summed E-state index contributed by atoms with van der Waals surface area (Å²) in [7, 11) is 0. The van der Waals surface area contributed by atoms with Crippen molar-refractivity contribution in [3.63, 3.8) is 0 Å². The Morgan fingerprint density at radius 3 is 1.35 bits per heavy atom. The van der Waals surface area contributed by atoms with Gasteiger partial charge in [-0.1, -0.05) is 83.9 Å². The smallest absolute Gasteiger partial charge is 0.217 e. The maximum Gasteiger partial charge on any atom is 0.217 e. The molecule has 2 unspecified atom stereocenters. The Morgan fingerprint density at radius 1 is 0.647 bits per heavy atom. The van der Waals surface area contributed by atoms with E-state index in [1.807, 2.05) is 60.7 Å². The third-order valence-electron chi connectivity index (χ3n) is 2.94. The van der Waals surface area contributed by atoms with Gasteiger partial charge in [-0.3, -0.25) is 0 Å². The zero-order chi connectivity index (χ0) is 11.9. The van der Waals surface area contributed by atoms with E-state index in [0.29, 0.717) is 0 Å². The molecule has 3 rings (SSSR count). The van der Waals surface area contributed by atoms with Crippen molar-refractivity contribution in [3.05, 3.63) is 71.8 Å². The van der Waals surface area contributed by atoms with E-state index >= 15 is 0 Å². The number of benzene rings is 2. The lowest BCUT2D eigenvalue weighted by atomic mass is 10.0. The molecule has 0 aliphatic carbocycles. The van der Waals surface area contributed by atoms with Gasteiger partial charge in [-0.05, 0) is 0 Å². The molecule has 0 radical (unpaired) electrons. The van der Waals surface area contributed by atoms with Crippen LogP contribution in [-0.2, 0) is 14.9 Å². The molecule has 3 heteroatoms. The normalized spacial score (nSPS) is 31.2. The monoisotopic (exact) mass is 264 g/mol. The van der Waals surface area contributed by atoms with Crippen LogP contribution in [0.2, 0.25) is 0 Å². The van der Waals surface area contributed by atoms with E-state index in [2.05, 4.69) is 0 Å². The molecule has 0 spiro atoms. The van der Waals surface area contributed by atoms with E-state index in [1.54, 1.807) is 0 Å². The second-order valence-electron chi connectivity index (χ2n) is 4.02. The molecule has 0 N–H and O–H groups in total. The minimum absolute atomic E-state index is 0.875. The highest BCUT2D eigenvalue weighted by Gasteiger charge is 2.71. The van der Waals surface area contributed by atoms with Gasteiger partial charge in [0.25, 0.3) is 0 Å². The van der Waals surface area contributed by atoms with E-state index in [0.717, 1.165) is 11.1 Å². The lowest BCUT2D eigenvalue weighted by Gasteiger charge is -2.09. The van der Waals surface area contributed by atoms with E-state index in [-0.39, 0.29) is 0 Å². The van der Waals surface area contributed by atoms with Crippen molar-refractivity contribution in [1.82, 2.24) is 0 Å². The first-order valence-electron chi connectivity index (χ1n) is 5.36. The van der Waals surface area contributed by atoms with Crippen LogP contribution in [0.15, 0.2) is 60.7 Å². The number of epoxide rings is 1. The summed E-state index contributed by atoms with van der Waals surface area (Å²) in [6, 6.07) is 19.2. The highest BCUT2D eigenvalue weighted by molar-refractivity contribution is 6.36. The molecule has 1 aliphatic rings. The fraction of sp³-hybridized carbons (Fsp3) is 0.143. The van der Waals surface area contributed by atoms with Gasteiger partial charge in [0.15, 0.2) is 0 Å². The molecular formula is C14H10Cl2O. The first-order chi connectivity index (χ1) is 8.17. The second kappa shape index (κ2) is 3.74. The van der Waals surface area contributed by atoms with E-state index in [9.17, 15) is 0 Å². The first-order valence-corrected chi connectivity index (χ1v) is 6.11. The predicted molar refractivity (Wildman–Crippen MR) is 69.0 cm³/mol. The number of alkyl halides is 2. The van der Waals surface area contributed by atoms with Crippen LogP contribution in [0, 0.1) is 0 Å². The Kier molecular flexibility index (Phi) is 2.44. The maximum atomic E-state index is 6.46. The summed E-state index contributed by atoms with van der Waals surface area (Å²) >= 11 is 12.9. The summed E-state index contributed by atoms with van der Waals surface area (Å²) in [6.07, 6.45) is 0. The molecule has 2 aromatic rings. The highest BCUT2D eigenvalue weighted by atomic mass is 35.5. The van der Waals surface area contributed by atoms with Gasteiger partial charge in [-0.25, -0.2) is 0 Å². The van der Waals surface area contributed by atoms with Gasteiger partial charge < -0.3 is 4.74 Å². The van der Waals surface area contributed by atoms with Crippen molar-refractivity contribution >= 4 is 23.2 Å². The van der Waals surface area contributed by atoms with E-state index in [4.69, 9.17) is 27.9 Å². The van der Waals surface area contributed by atoms with Crippen LogP contribution < -0.4 is 0 Å². The summed E-state index contributed by atoms with van der Waals surface area (Å²) in [4.78, 5) is 0. The molecule has 17 heavy (non-hydrogen) atoms. The Balaban J connectivity index is 2.00. The third-order valence-corrected chi connectivity index (χ3v) is 4.16. The van der Waals surface area contributed by atoms with Crippen molar-refractivity contribution in [3.8, 4) is 0 Å². The van der Waals surface area contributed by atoms with Crippen molar-refractivity contribution in [2.45, 2.75) is 10.1 Å². The zero-order valence-electron chi connectivity index (χ0n) is 8.94. The summed E-state index contributed by atoms with van der Waals surface area (Å²) in [5.74, 6) is 0. The Hall–Kier alpha value is -1.02. The molecule has 0 saturated carbocycles. The quantitative estimate of drug-likeness (QED) is 0.585. The first kappa shape index (κ1) is 11.1. The van der Waals surface area contributed by atoms with Crippen molar-refractivity contribution < 1.29 is 4.74 Å². The van der Waals surface area contributed by atoms with E-state index < -0.39 is 10.1 Å². The minimum Gasteiger partial charge on any atom is -0.320 e. The summed E-state index contributed by atoms with van der Waals surface area (Å²) in [5.41, 5.74) is 1.75. The Morgan fingerprint density at radius 2 is 1.00 bits per heavy atom. The van der Waals surface area contributed by atoms with Gasteiger partial charge in [0.05, 0.1) is 0 Å². The van der Waals surface area contributed by atoms with Crippen LogP contribution in [0.5, 0.6) is 0 Å². The van der Waals surface area contributed by atoms with Crippen LogP contribution in [0.1, 0.15) is 11.1 Å². The average molecular weight is 265 g/mol. The van der Waals surface area contributed by atoms with Crippen molar-refractivity contribution in [1.29, 1.82) is 0 Å². The number of ether oxygens (including phenoxy) is 1. The predicted octanol–water partition coefficient (Wildman–Crippen LogP) is 4.20. The molecule has 2 atom stereocenters. The fourth-order valence-electron chi connectivity index (χ4n) is 1.96. The molecule has 1 heterocycles. The van der Waals surface area contributed by atoms with Crippen LogP contribution in [0.25, 0.3) is 0 Å². The summed E-state index contributed by atoms with van der Waals surface area (Å²) in [6.45, 7) is 0. The number of rotatable bonds is 2. The molecule has 1 aliphatic heterocycles. The van der Waals surface area contributed by atoms with Gasteiger partial charge in [0, 0.05) is 11.1 Å². The molecular weight excluding hydrogens is 255 g/mol. The van der Waals surface area contributed by atoms with E-state index in [1.165, 1.54) is 0 Å². The van der Waals surface area contributed by atoms with Crippen LogP contribution in [0.4, 0.5) is 0 Å². The van der Waals surface area contributed by atoms with Gasteiger partial charge in [-0.15, -0.1) is 0 Å². The second-order valence-corrected chi connectivity index (χ2v) is 5.09. The number of hydrogen-bond donors (Lipinski definition) is 0. The molecule has 86 valence electrons. The third kappa shape index (κ3) is 1.58. The Labute approximate surface area is 110 Å². The van der Waals surface area contributed by atoms with Crippen LogP contribution in [0.3, 0.4) is 0 Å². The van der Waals surface area contributed by atoms with Gasteiger partial charge in [0.1, 0.15) is 0 Å². The minimum atomic E-state index is -0.961. The SMILES string of the molecule is ClC1(c2ccccc2)OC1(Cl)c1ccccc1. The van der Waals surface area contributed by atoms with Gasteiger partial charge in [0.2, 0.25) is 10.1 Å². The number of halogens is 2. The molecule has 1 nitrogen and oxygen atoms in total. The lowest BCUT2D eigenvalue weighted by Crippen LogP contribution is -2.11. The Bertz CT molecular complexity index is 479. The lowest BCUT2D eigenvalue weighted by molar-refractivity contribution is 0.340. The van der Waals surface area contributed by atoms with Gasteiger partial charge >= 0.3 is 0 Å². The summed E-state index contributed by atoms with van der Waals surface area (Å²) < 4.78 is 5.59. The molecule has 1 fully saturated rings. The van der Waals surface area contributed by atoms with Crippen LogP contribution in [-0.4, -0.2) is 0 Å². The zero-order valence-corrected chi connectivity index (χ0v) is 10.4. The molecule has 1 saturated heterocycles. The molecule has 0 bridgehead atoms. The van der Waals surface area contributed by atoms with Crippen molar-refractivity contribution in [2.75, 3.05) is 0 Å². The standard InChI is InChI=1S/C14H10Cl2O/c15-13(11-7-3-1-4-8-11)14(16,17-13)12-9-5-2-6-10-12/h1-10H. The molecule has 0 amide bonds. The summed E-state index contributed by atoms with van der Waals surface area (Å²) in [5, 5.41) is -1.92. The van der Waals surface area contributed by atoms with Crippen LogP contribution >= 0.6 is 23.2 Å². The molecule has 2 aromatic carbocycles. The maximum absolute atomic E-state index is 6.46. The average Bonchev–Trinajstić information content (AvgIpc) is 2.97. The number of hydrogen-bond acceptors (Lipinski definition) is 1. The topological polar surface area (TPSA) is 12.5 Å². The highest BCUT2D eigenvalue weighted by Crippen LogP contribution is 2.67.